The molecule has 2 heterocycles. The first-order chi connectivity index (χ1) is 16.7. The van der Waals surface area contributed by atoms with Crippen LogP contribution in [0.2, 0.25) is 19.6 Å². The van der Waals surface area contributed by atoms with Crippen molar-refractivity contribution in [3.63, 3.8) is 0 Å². The van der Waals surface area contributed by atoms with Crippen LogP contribution in [0.15, 0.2) is 60.8 Å². The minimum absolute atomic E-state index is 0.538. The lowest BCUT2D eigenvalue weighted by Gasteiger charge is -2.27. The fourth-order valence-corrected chi connectivity index (χ4v) is 7.71. The molecule has 0 N–H and O–H groups in total. The molecule has 0 amide bonds. The molecule has 2 nitrogen and oxygen atoms in total. The molecule has 0 aliphatic carbocycles. The second-order valence-electron chi connectivity index (χ2n) is 11.6. The third-order valence-electron chi connectivity index (χ3n) is 7.62. The Hall–Kier alpha value is -3.17. The molecule has 0 spiro atoms. The van der Waals surface area contributed by atoms with Crippen LogP contribution in [0.4, 0.5) is 0 Å². The van der Waals surface area contributed by atoms with Gasteiger partial charge in [0.1, 0.15) is 18.5 Å². The Balaban J connectivity index is 1.82. The average molecular weight is 477 g/mol. The molecule has 0 saturated heterocycles. The van der Waals surface area contributed by atoms with Gasteiger partial charge >= 0.3 is 0 Å². The molecule has 0 bridgehead atoms. The van der Waals surface area contributed by atoms with Crippen molar-refractivity contribution in [1.82, 2.24) is 0 Å². The van der Waals surface area contributed by atoms with Crippen LogP contribution in [-0.4, -0.2) is 8.07 Å². The van der Waals surface area contributed by atoms with E-state index in [9.17, 15) is 0 Å². The molecule has 0 radical (unpaired) electrons. The Morgan fingerprint density at radius 3 is 2.34 bits per heavy atom. The van der Waals surface area contributed by atoms with Crippen molar-refractivity contribution in [2.24, 2.45) is 13.0 Å². The van der Waals surface area contributed by atoms with Crippen LogP contribution < -0.4 is 14.5 Å². The zero-order valence-corrected chi connectivity index (χ0v) is 22.9. The number of hydrogen-bond donors (Lipinski definition) is 0. The zero-order valence-electron chi connectivity index (χ0n) is 21.9. The van der Waals surface area contributed by atoms with Gasteiger partial charge in [0.15, 0.2) is 6.20 Å². The lowest BCUT2D eigenvalue weighted by atomic mass is 9.85. The number of benzene rings is 4. The number of pyridine rings is 1. The van der Waals surface area contributed by atoms with Gasteiger partial charge in [-0.05, 0) is 52.4 Å². The van der Waals surface area contributed by atoms with Gasteiger partial charge in [0, 0.05) is 17.0 Å². The van der Waals surface area contributed by atoms with E-state index in [0.29, 0.717) is 5.92 Å². The first-order valence-electron chi connectivity index (χ1n) is 12.8. The molecule has 5 aromatic rings. The van der Waals surface area contributed by atoms with E-state index >= 15 is 0 Å². The molecule has 4 aromatic carbocycles. The van der Waals surface area contributed by atoms with Crippen molar-refractivity contribution in [3.05, 3.63) is 71.9 Å². The monoisotopic (exact) mass is 476 g/mol. The fourth-order valence-electron chi connectivity index (χ4n) is 6.09. The maximum atomic E-state index is 6.96. The predicted octanol–water partition coefficient (Wildman–Crippen LogP) is 7.80. The molecule has 0 atom stereocenters. The van der Waals surface area contributed by atoms with E-state index in [0.717, 1.165) is 17.9 Å². The Kier molecular flexibility index (Phi) is 4.88. The van der Waals surface area contributed by atoms with Crippen molar-refractivity contribution in [2.75, 3.05) is 0 Å². The molecule has 35 heavy (non-hydrogen) atoms. The normalized spacial score (nSPS) is 13.0. The Morgan fingerprint density at radius 2 is 1.63 bits per heavy atom. The quantitative estimate of drug-likeness (QED) is 0.144. The molecule has 176 valence electrons. The lowest BCUT2D eigenvalue weighted by Crippen LogP contribution is -2.38. The van der Waals surface area contributed by atoms with Gasteiger partial charge in [-0.1, -0.05) is 81.1 Å². The summed E-state index contributed by atoms with van der Waals surface area (Å²) in [4.78, 5) is 0. The summed E-state index contributed by atoms with van der Waals surface area (Å²) in [6.07, 6.45) is 3.24. The van der Waals surface area contributed by atoms with Gasteiger partial charge in [0.2, 0.25) is 5.69 Å². The van der Waals surface area contributed by atoms with E-state index in [1.54, 1.807) is 0 Å². The molecule has 1 aliphatic heterocycles. The Labute approximate surface area is 209 Å². The molecule has 0 fully saturated rings. The topological polar surface area (TPSA) is 13.1 Å². The van der Waals surface area contributed by atoms with Gasteiger partial charge in [0.25, 0.3) is 0 Å². The summed E-state index contributed by atoms with van der Waals surface area (Å²) in [5.41, 5.74) is 5.16. The summed E-state index contributed by atoms with van der Waals surface area (Å²) in [6, 6.07) is 20.3. The summed E-state index contributed by atoms with van der Waals surface area (Å²) < 4.78 is 9.26. The second-order valence-corrected chi connectivity index (χ2v) is 16.7. The van der Waals surface area contributed by atoms with Crippen molar-refractivity contribution in [2.45, 2.75) is 46.8 Å². The van der Waals surface area contributed by atoms with Crippen molar-refractivity contribution < 1.29 is 9.30 Å². The third kappa shape index (κ3) is 3.25. The number of hydrogen-bond acceptors (Lipinski definition) is 1. The lowest BCUT2D eigenvalue weighted by molar-refractivity contribution is -0.659. The summed E-state index contributed by atoms with van der Waals surface area (Å²) in [5, 5.41) is 9.40. The van der Waals surface area contributed by atoms with Crippen LogP contribution in [0.25, 0.3) is 43.6 Å². The maximum absolute atomic E-state index is 6.96. The van der Waals surface area contributed by atoms with Crippen LogP contribution in [0.1, 0.15) is 25.0 Å². The highest BCUT2D eigenvalue weighted by molar-refractivity contribution is 6.90. The molecule has 1 aliphatic rings. The van der Waals surface area contributed by atoms with Crippen LogP contribution in [0, 0.1) is 12.8 Å². The molecule has 1 aromatic heterocycles. The third-order valence-corrected chi connectivity index (χ3v) is 9.66. The largest absolute Gasteiger partial charge is 0.455 e. The minimum atomic E-state index is -1.55. The van der Waals surface area contributed by atoms with Crippen LogP contribution >= 0.6 is 0 Å². The summed E-state index contributed by atoms with van der Waals surface area (Å²) >= 11 is 0. The van der Waals surface area contributed by atoms with Gasteiger partial charge in [-0.25, -0.2) is 4.57 Å². The number of nitrogens with zero attached hydrogens (tertiary/aromatic N) is 1. The summed E-state index contributed by atoms with van der Waals surface area (Å²) in [7, 11) is 0.630. The molecular formula is C32H34NOSi+. The number of fused-ring (bicyclic) bond motifs is 5. The van der Waals surface area contributed by atoms with Crippen molar-refractivity contribution >= 4 is 45.6 Å². The van der Waals surface area contributed by atoms with Gasteiger partial charge in [-0.15, -0.1) is 0 Å². The van der Waals surface area contributed by atoms with Gasteiger partial charge < -0.3 is 4.74 Å². The van der Waals surface area contributed by atoms with E-state index in [4.69, 9.17) is 4.74 Å². The highest BCUT2D eigenvalue weighted by atomic mass is 28.3. The van der Waals surface area contributed by atoms with E-state index in [1.807, 2.05) is 0 Å². The fraction of sp³-hybridized carbons (Fsp3) is 0.281. The van der Waals surface area contributed by atoms with Gasteiger partial charge in [-0.2, -0.15) is 0 Å². The van der Waals surface area contributed by atoms with Crippen molar-refractivity contribution in [3.8, 4) is 22.8 Å². The van der Waals surface area contributed by atoms with E-state index in [-0.39, 0.29) is 0 Å². The Bertz CT molecular complexity index is 1670. The van der Waals surface area contributed by atoms with E-state index in [2.05, 4.69) is 113 Å². The smallest absolute Gasteiger partial charge is 0.228 e. The molecule has 6 rings (SSSR count). The van der Waals surface area contributed by atoms with E-state index in [1.165, 1.54) is 59.9 Å². The molecule has 0 saturated carbocycles. The number of ether oxygens (including phenoxy) is 1. The van der Waals surface area contributed by atoms with Gasteiger partial charge in [-0.3, -0.25) is 0 Å². The highest BCUT2D eigenvalue weighted by Gasteiger charge is 2.34. The standard InChI is InChI=1S/C32H34NOSi/c1-19(2)17-25-23-13-9-8-12-22(23)20(3)28-31-30-24(15-16-33(31)4)29-21(18-26(30)34-32(25)28)11-10-14-27(29)35(5,6)7/h8-16,18-19H,17H2,1-7H3/q+1. The first-order valence-corrected chi connectivity index (χ1v) is 16.3. The number of aromatic nitrogens is 1. The molecular weight excluding hydrogens is 442 g/mol. The number of aryl methyl sites for hydroxylation is 2. The second kappa shape index (κ2) is 7.66. The molecule has 0 unspecified atom stereocenters. The predicted molar refractivity (Wildman–Crippen MR) is 152 cm³/mol. The van der Waals surface area contributed by atoms with E-state index < -0.39 is 8.07 Å². The van der Waals surface area contributed by atoms with Crippen LogP contribution in [-0.2, 0) is 13.5 Å². The summed E-state index contributed by atoms with van der Waals surface area (Å²) in [6.45, 7) is 14.2. The minimum Gasteiger partial charge on any atom is -0.455 e. The van der Waals surface area contributed by atoms with Gasteiger partial charge in [0.05, 0.1) is 19.0 Å². The van der Waals surface area contributed by atoms with Crippen molar-refractivity contribution in [1.29, 1.82) is 0 Å². The average Bonchev–Trinajstić information content (AvgIpc) is 2.81. The summed E-state index contributed by atoms with van der Waals surface area (Å²) in [5.74, 6) is 2.57. The Morgan fingerprint density at radius 1 is 0.886 bits per heavy atom. The highest BCUT2D eigenvalue weighted by Crippen LogP contribution is 2.52. The zero-order chi connectivity index (χ0) is 24.6. The van der Waals surface area contributed by atoms with Crippen LogP contribution in [0.5, 0.6) is 11.5 Å². The number of rotatable bonds is 3. The maximum Gasteiger partial charge on any atom is 0.228 e. The SMILES string of the molecule is Cc1c2c(c(CC(C)C)c3ccccc13)Oc1cc3cccc([Si](C)(C)C)c3c3cc[n+](C)c-2c13. The first kappa shape index (κ1) is 22.3. The van der Waals surface area contributed by atoms with Crippen LogP contribution in [0.3, 0.4) is 0 Å². The molecule has 3 heteroatoms.